The minimum atomic E-state index is -0.0289. The van der Waals surface area contributed by atoms with Crippen molar-refractivity contribution >= 4 is 5.91 Å². The van der Waals surface area contributed by atoms with E-state index in [0.717, 1.165) is 5.56 Å². The summed E-state index contributed by atoms with van der Waals surface area (Å²) < 4.78 is 0. The highest BCUT2D eigenvalue weighted by atomic mass is 16.1. The van der Waals surface area contributed by atoms with Gasteiger partial charge in [0.05, 0.1) is 6.54 Å². The fraction of sp³-hybridized carbons (Fsp3) is 0.273. The third-order valence-corrected chi connectivity index (χ3v) is 1.78. The van der Waals surface area contributed by atoms with E-state index in [9.17, 15) is 4.79 Å². The number of nitrogens with zero attached hydrogens (tertiary/aromatic N) is 1. The molecule has 0 spiro atoms. The highest BCUT2D eigenvalue weighted by Gasteiger charge is 1.98. The van der Waals surface area contributed by atoms with Crippen molar-refractivity contribution < 1.29 is 4.79 Å². The maximum absolute atomic E-state index is 11.2. The fourth-order valence-electron chi connectivity index (χ4n) is 1.07. The number of nitrogens with one attached hydrogen (secondary N) is 2. The van der Waals surface area contributed by atoms with Gasteiger partial charge in [0.1, 0.15) is 0 Å². The van der Waals surface area contributed by atoms with Gasteiger partial charge in [-0.3, -0.25) is 9.78 Å². The van der Waals surface area contributed by atoms with Gasteiger partial charge in [-0.15, -0.1) is 6.58 Å². The molecule has 0 bridgehead atoms. The molecule has 0 aliphatic carbocycles. The van der Waals surface area contributed by atoms with Gasteiger partial charge in [0.25, 0.3) is 0 Å². The Morgan fingerprint density at radius 1 is 1.60 bits per heavy atom. The Labute approximate surface area is 89.4 Å². The highest BCUT2D eigenvalue weighted by Crippen LogP contribution is 1.93. The van der Waals surface area contributed by atoms with Crippen molar-refractivity contribution in [3.05, 3.63) is 42.7 Å². The topological polar surface area (TPSA) is 54.0 Å². The molecule has 0 aliphatic rings. The molecule has 4 heteroatoms. The molecule has 0 atom stereocenters. The first-order valence-corrected chi connectivity index (χ1v) is 4.80. The Kier molecular flexibility index (Phi) is 5.11. The minimum Gasteiger partial charge on any atom is -0.352 e. The van der Waals surface area contributed by atoms with Crippen molar-refractivity contribution in [2.24, 2.45) is 0 Å². The molecule has 80 valence electrons. The van der Waals surface area contributed by atoms with E-state index in [1.54, 1.807) is 18.5 Å². The summed E-state index contributed by atoms with van der Waals surface area (Å²) in [6.45, 7) is 4.98. The molecule has 0 unspecified atom stereocenters. The molecule has 1 rings (SSSR count). The number of carbonyl (C=O) groups excluding carboxylic acids is 1. The molecular weight excluding hydrogens is 190 g/mol. The van der Waals surface area contributed by atoms with E-state index in [-0.39, 0.29) is 5.91 Å². The summed E-state index contributed by atoms with van der Waals surface area (Å²) in [5, 5.41) is 5.71. The summed E-state index contributed by atoms with van der Waals surface area (Å²) in [5.41, 5.74) is 1.06. The van der Waals surface area contributed by atoms with Gasteiger partial charge < -0.3 is 10.6 Å². The van der Waals surface area contributed by atoms with E-state index in [1.165, 1.54) is 0 Å². The number of carbonyl (C=O) groups is 1. The number of aromatic nitrogens is 1. The Morgan fingerprint density at radius 2 is 2.47 bits per heavy atom. The third kappa shape index (κ3) is 4.93. The quantitative estimate of drug-likeness (QED) is 0.664. The molecule has 0 saturated heterocycles. The van der Waals surface area contributed by atoms with Crippen molar-refractivity contribution in [3.63, 3.8) is 0 Å². The summed E-state index contributed by atoms with van der Waals surface area (Å²) in [7, 11) is 0. The average Bonchev–Trinajstić information content (AvgIpc) is 2.28. The summed E-state index contributed by atoms with van der Waals surface area (Å²) in [4.78, 5) is 15.1. The lowest BCUT2D eigenvalue weighted by molar-refractivity contribution is -0.120. The van der Waals surface area contributed by atoms with Gasteiger partial charge in [-0.25, -0.2) is 0 Å². The van der Waals surface area contributed by atoms with E-state index in [1.807, 2.05) is 12.1 Å². The van der Waals surface area contributed by atoms with E-state index >= 15 is 0 Å². The SMILES string of the molecule is C=CCNC(=O)CNCc1cccnc1. The normalized spacial score (nSPS) is 9.60. The van der Waals surface area contributed by atoms with Crippen LogP contribution in [0.4, 0.5) is 0 Å². The maximum atomic E-state index is 11.2. The van der Waals surface area contributed by atoms with Gasteiger partial charge in [-0.2, -0.15) is 0 Å². The van der Waals surface area contributed by atoms with Crippen LogP contribution in [0.3, 0.4) is 0 Å². The average molecular weight is 205 g/mol. The van der Waals surface area contributed by atoms with Crippen LogP contribution in [0.5, 0.6) is 0 Å². The molecule has 0 saturated carbocycles. The largest absolute Gasteiger partial charge is 0.352 e. The first-order chi connectivity index (χ1) is 7.33. The van der Waals surface area contributed by atoms with Crippen molar-refractivity contribution in [2.45, 2.75) is 6.54 Å². The van der Waals surface area contributed by atoms with Gasteiger partial charge in [-0.1, -0.05) is 12.1 Å². The van der Waals surface area contributed by atoms with Crippen LogP contribution in [0, 0.1) is 0 Å². The Bertz CT molecular complexity index is 311. The summed E-state index contributed by atoms with van der Waals surface area (Å²) in [6, 6.07) is 3.83. The second-order valence-corrected chi connectivity index (χ2v) is 3.06. The van der Waals surface area contributed by atoms with Gasteiger partial charge in [0, 0.05) is 25.5 Å². The summed E-state index contributed by atoms with van der Waals surface area (Å²) in [5.74, 6) is -0.0289. The second-order valence-electron chi connectivity index (χ2n) is 3.06. The summed E-state index contributed by atoms with van der Waals surface area (Å²) in [6.07, 6.45) is 5.15. The molecule has 0 aliphatic heterocycles. The van der Waals surface area contributed by atoms with Crippen molar-refractivity contribution in [1.82, 2.24) is 15.6 Å². The van der Waals surface area contributed by atoms with Crippen LogP contribution < -0.4 is 10.6 Å². The lowest BCUT2D eigenvalue weighted by Crippen LogP contribution is -2.33. The van der Waals surface area contributed by atoms with Gasteiger partial charge >= 0.3 is 0 Å². The predicted molar refractivity (Wildman–Crippen MR) is 59.2 cm³/mol. The van der Waals surface area contributed by atoms with Crippen LogP contribution in [-0.4, -0.2) is 24.0 Å². The van der Waals surface area contributed by atoms with Gasteiger partial charge in [0.15, 0.2) is 0 Å². The van der Waals surface area contributed by atoms with Gasteiger partial charge in [0.2, 0.25) is 5.91 Å². The van der Waals surface area contributed by atoms with Crippen LogP contribution in [0.25, 0.3) is 0 Å². The molecule has 1 amide bonds. The van der Waals surface area contributed by atoms with E-state index in [2.05, 4.69) is 22.2 Å². The van der Waals surface area contributed by atoms with E-state index in [4.69, 9.17) is 0 Å². The lowest BCUT2D eigenvalue weighted by Gasteiger charge is -2.04. The lowest BCUT2D eigenvalue weighted by atomic mass is 10.3. The molecule has 0 fully saturated rings. The van der Waals surface area contributed by atoms with E-state index < -0.39 is 0 Å². The summed E-state index contributed by atoms with van der Waals surface area (Å²) >= 11 is 0. The number of hydrogen-bond donors (Lipinski definition) is 2. The molecule has 2 N–H and O–H groups in total. The molecule has 1 aromatic heterocycles. The number of hydrogen-bond acceptors (Lipinski definition) is 3. The fourth-order valence-corrected chi connectivity index (χ4v) is 1.07. The van der Waals surface area contributed by atoms with Crippen LogP contribution in [0.1, 0.15) is 5.56 Å². The molecule has 15 heavy (non-hydrogen) atoms. The van der Waals surface area contributed by atoms with Crippen molar-refractivity contribution in [1.29, 1.82) is 0 Å². The third-order valence-electron chi connectivity index (χ3n) is 1.78. The first kappa shape index (κ1) is 11.4. The number of rotatable bonds is 6. The first-order valence-electron chi connectivity index (χ1n) is 4.80. The Balaban J connectivity index is 2.16. The van der Waals surface area contributed by atoms with Crippen LogP contribution >= 0.6 is 0 Å². The number of amides is 1. The van der Waals surface area contributed by atoms with Crippen LogP contribution in [0.2, 0.25) is 0 Å². The minimum absolute atomic E-state index is 0.0289. The molecule has 0 aromatic carbocycles. The second kappa shape index (κ2) is 6.73. The molecule has 1 heterocycles. The van der Waals surface area contributed by atoms with E-state index in [0.29, 0.717) is 19.6 Å². The smallest absolute Gasteiger partial charge is 0.234 e. The standard InChI is InChI=1S/C11H15N3O/c1-2-5-14-11(15)9-13-8-10-4-3-6-12-7-10/h2-4,6-7,13H,1,5,8-9H2,(H,14,15). The zero-order chi connectivity index (χ0) is 10.9. The Morgan fingerprint density at radius 3 is 3.13 bits per heavy atom. The maximum Gasteiger partial charge on any atom is 0.234 e. The zero-order valence-corrected chi connectivity index (χ0v) is 8.57. The van der Waals surface area contributed by atoms with Crippen molar-refractivity contribution in [2.75, 3.05) is 13.1 Å². The number of pyridine rings is 1. The van der Waals surface area contributed by atoms with Crippen molar-refractivity contribution in [3.8, 4) is 0 Å². The molecular formula is C11H15N3O. The molecule has 4 nitrogen and oxygen atoms in total. The van der Waals surface area contributed by atoms with Crippen LogP contribution in [-0.2, 0) is 11.3 Å². The molecule has 1 aromatic rings. The highest BCUT2D eigenvalue weighted by molar-refractivity contribution is 5.78. The molecule has 0 radical (unpaired) electrons. The monoisotopic (exact) mass is 205 g/mol. The Hall–Kier alpha value is -1.68. The van der Waals surface area contributed by atoms with Gasteiger partial charge in [-0.05, 0) is 11.6 Å². The zero-order valence-electron chi connectivity index (χ0n) is 8.57. The van der Waals surface area contributed by atoms with Crippen LogP contribution in [0.15, 0.2) is 37.2 Å². The predicted octanol–water partition coefficient (Wildman–Crippen LogP) is 0.473.